The summed E-state index contributed by atoms with van der Waals surface area (Å²) in [5, 5.41) is 5.46. The predicted molar refractivity (Wildman–Crippen MR) is 118 cm³/mol. The molecule has 3 aromatic rings. The molecule has 0 unspecified atom stereocenters. The average molecular weight is 477 g/mol. The van der Waals surface area contributed by atoms with Crippen molar-refractivity contribution in [2.75, 3.05) is 23.3 Å². The third-order valence-corrected chi connectivity index (χ3v) is 5.60. The first kappa shape index (κ1) is 18.8. The first-order chi connectivity index (χ1) is 12.6. The number of nitrogens with one attached hydrogen (secondary N) is 1. The van der Waals surface area contributed by atoms with E-state index in [4.69, 9.17) is 0 Å². The Morgan fingerprint density at radius 1 is 1.08 bits per heavy atom. The number of hydrogen-bond acceptors (Lipinski definition) is 4. The number of anilines is 2. The molecule has 1 N–H and O–H groups in total. The summed E-state index contributed by atoms with van der Waals surface area (Å²) in [5.74, 6) is -0.139. The summed E-state index contributed by atoms with van der Waals surface area (Å²) in [5.41, 5.74) is 3.68. The molecule has 0 saturated carbocycles. The van der Waals surface area contributed by atoms with Gasteiger partial charge in [-0.1, -0.05) is 12.1 Å². The summed E-state index contributed by atoms with van der Waals surface area (Å²) in [6.07, 6.45) is 0. The molecule has 0 saturated heterocycles. The van der Waals surface area contributed by atoms with Crippen LogP contribution in [0.3, 0.4) is 0 Å². The number of amides is 1. The molecule has 0 radical (unpaired) electrons. The van der Waals surface area contributed by atoms with Gasteiger partial charge in [0.1, 0.15) is 0 Å². The monoisotopic (exact) mass is 477 g/mol. The van der Waals surface area contributed by atoms with Gasteiger partial charge in [-0.3, -0.25) is 10.1 Å². The van der Waals surface area contributed by atoms with Gasteiger partial charge < -0.3 is 4.90 Å². The maximum absolute atomic E-state index is 12.5. The van der Waals surface area contributed by atoms with Crippen LogP contribution < -0.4 is 10.2 Å². The summed E-state index contributed by atoms with van der Waals surface area (Å²) >= 11 is 3.71. The highest BCUT2D eigenvalue weighted by molar-refractivity contribution is 14.1. The summed E-state index contributed by atoms with van der Waals surface area (Å²) in [4.78, 5) is 19.2. The van der Waals surface area contributed by atoms with E-state index < -0.39 is 0 Å². The van der Waals surface area contributed by atoms with Crippen LogP contribution in [0.4, 0.5) is 10.8 Å². The molecule has 3 rings (SSSR count). The second-order valence-electron chi connectivity index (χ2n) is 5.72. The molecule has 2 aromatic carbocycles. The van der Waals surface area contributed by atoms with Gasteiger partial charge in [0.15, 0.2) is 5.13 Å². The van der Waals surface area contributed by atoms with Crippen LogP contribution in [-0.2, 0) is 0 Å². The molecule has 0 aliphatic heterocycles. The highest BCUT2D eigenvalue weighted by atomic mass is 127. The van der Waals surface area contributed by atoms with E-state index in [9.17, 15) is 4.79 Å². The zero-order valence-corrected chi connectivity index (χ0v) is 17.7. The largest absolute Gasteiger partial charge is 0.372 e. The van der Waals surface area contributed by atoms with Crippen LogP contribution in [-0.4, -0.2) is 24.0 Å². The predicted octanol–water partition coefficient (Wildman–Crippen LogP) is 5.51. The lowest BCUT2D eigenvalue weighted by molar-refractivity contribution is 0.102. The molecule has 0 aliphatic carbocycles. The lowest BCUT2D eigenvalue weighted by Gasteiger charge is -2.20. The van der Waals surface area contributed by atoms with Crippen LogP contribution in [0.2, 0.25) is 0 Å². The summed E-state index contributed by atoms with van der Waals surface area (Å²) in [6.45, 7) is 6.14. The molecular weight excluding hydrogens is 457 g/mol. The van der Waals surface area contributed by atoms with Crippen LogP contribution >= 0.6 is 33.9 Å². The maximum Gasteiger partial charge on any atom is 0.257 e. The lowest BCUT2D eigenvalue weighted by atomic mass is 10.2. The first-order valence-corrected chi connectivity index (χ1v) is 10.4. The van der Waals surface area contributed by atoms with E-state index in [1.807, 2.05) is 53.9 Å². The van der Waals surface area contributed by atoms with Gasteiger partial charge in [0.05, 0.1) is 5.69 Å². The molecule has 0 aliphatic rings. The molecule has 6 heteroatoms. The third-order valence-electron chi connectivity index (χ3n) is 4.12. The standard InChI is InChI=1S/C20H20IN3OS/c1-3-24(4-2)17-11-7-15(8-12-17)19(25)23-20-22-18(13-26-20)14-5-9-16(21)10-6-14/h5-13H,3-4H2,1-2H3,(H,22,23,25). The lowest BCUT2D eigenvalue weighted by Crippen LogP contribution is -2.21. The van der Waals surface area contributed by atoms with Gasteiger partial charge in [0.25, 0.3) is 5.91 Å². The first-order valence-electron chi connectivity index (χ1n) is 8.48. The summed E-state index contributed by atoms with van der Waals surface area (Å²) in [7, 11) is 0. The van der Waals surface area contributed by atoms with E-state index in [1.165, 1.54) is 14.9 Å². The average Bonchev–Trinajstić information content (AvgIpc) is 3.12. The second-order valence-corrected chi connectivity index (χ2v) is 7.82. The zero-order chi connectivity index (χ0) is 18.5. The summed E-state index contributed by atoms with van der Waals surface area (Å²) < 4.78 is 1.18. The number of hydrogen-bond donors (Lipinski definition) is 1. The quantitative estimate of drug-likeness (QED) is 0.476. The van der Waals surface area contributed by atoms with Crippen molar-refractivity contribution in [1.82, 2.24) is 4.98 Å². The molecule has 0 spiro atoms. The van der Waals surface area contributed by atoms with Crippen LogP contribution in [0.5, 0.6) is 0 Å². The van der Waals surface area contributed by atoms with Crippen molar-refractivity contribution in [2.45, 2.75) is 13.8 Å². The van der Waals surface area contributed by atoms with E-state index in [-0.39, 0.29) is 5.91 Å². The van der Waals surface area contributed by atoms with E-state index in [0.717, 1.165) is 30.0 Å². The summed E-state index contributed by atoms with van der Waals surface area (Å²) in [6, 6.07) is 15.9. The highest BCUT2D eigenvalue weighted by Crippen LogP contribution is 2.26. The van der Waals surface area contributed by atoms with Crippen molar-refractivity contribution in [3.05, 3.63) is 63.0 Å². The van der Waals surface area contributed by atoms with Crippen molar-refractivity contribution < 1.29 is 4.79 Å². The van der Waals surface area contributed by atoms with Gasteiger partial charge in [-0.2, -0.15) is 0 Å². The van der Waals surface area contributed by atoms with Gasteiger partial charge in [0.2, 0.25) is 0 Å². The fraction of sp³-hybridized carbons (Fsp3) is 0.200. The minimum Gasteiger partial charge on any atom is -0.372 e. The highest BCUT2D eigenvalue weighted by Gasteiger charge is 2.11. The minimum atomic E-state index is -0.139. The Bertz CT molecular complexity index is 871. The van der Waals surface area contributed by atoms with E-state index in [1.54, 1.807) is 0 Å². The Morgan fingerprint density at radius 3 is 2.35 bits per heavy atom. The fourth-order valence-electron chi connectivity index (χ4n) is 2.67. The topological polar surface area (TPSA) is 45.2 Å². The van der Waals surface area contributed by atoms with Crippen LogP contribution in [0, 0.1) is 3.57 Å². The van der Waals surface area contributed by atoms with Crippen molar-refractivity contribution in [1.29, 1.82) is 0 Å². The Labute approximate surface area is 171 Å². The number of rotatable bonds is 6. The number of halogens is 1. The van der Waals surface area contributed by atoms with Crippen LogP contribution in [0.15, 0.2) is 53.9 Å². The number of carbonyl (C=O) groups is 1. The Balaban J connectivity index is 1.69. The zero-order valence-electron chi connectivity index (χ0n) is 14.7. The fourth-order valence-corrected chi connectivity index (χ4v) is 3.74. The molecule has 1 amide bonds. The molecule has 0 atom stereocenters. The van der Waals surface area contributed by atoms with Crippen LogP contribution in [0.1, 0.15) is 24.2 Å². The smallest absolute Gasteiger partial charge is 0.257 e. The van der Waals surface area contributed by atoms with Crippen molar-refractivity contribution >= 4 is 50.7 Å². The number of nitrogens with zero attached hydrogens (tertiary/aromatic N) is 2. The Hall–Kier alpha value is -1.93. The Morgan fingerprint density at radius 2 is 1.73 bits per heavy atom. The molecule has 0 bridgehead atoms. The molecule has 134 valence electrons. The number of benzene rings is 2. The third kappa shape index (κ3) is 4.42. The maximum atomic E-state index is 12.5. The van der Waals surface area contributed by atoms with Crippen LogP contribution in [0.25, 0.3) is 11.3 Å². The van der Waals surface area contributed by atoms with Crippen molar-refractivity contribution in [3.8, 4) is 11.3 Å². The van der Waals surface area contributed by atoms with Crippen molar-refractivity contribution in [3.63, 3.8) is 0 Å². The normalized spacial score (nSPS) is 10.6. The second kappa shape index (κ2) is 8.64. The minimum absolute atomic E-state index is 0.139. The molecule has 1 heterocycles. The molecule has 4 nitrogen and oxygen atoms in total. The van der Waals surface area contributed by atoms with E-state index >= 15 is 0 Å². The van der Waals surface area contributed by atoms with Gasteiger partial charge >= 0.3 is 0 Å². The molecule has 0 fully saturated rings. The van der Waals surface area contributed by atoms with Crippen molar-refractivity contribution in [2.24, 2.45) is 0 Å². The number of thiazole rings is 1. The van der Waals surface area contributed by atoms with E-state index in [2.05, 4.69) is 51.6 Å². The van der Waals surface area contributed by atoms with Gasteiger partial charge in [-0.25, -0.2) is 4.98 Å². The Kier molecular flexibility index (Phi) is 6.26. The van der Waals surface area contributed by atoms with Gasteiger partial charge in [0, 0.05) is 38.9 Å². The molecule has 1 aromatic heterocycles. The van der Waals surface area contributed by atoms with Gasteiger partial charge in [-0.15, -0.1) is 11.3 Å². The van der Waals surface area contributed by atoms with Gasteiger partial charge in [-0.05, 0) is 72.8 Å². The van der Waals surface area contributed by atoms with E-state index in [0.29, 0.717) is 10.7 Å². The number of carbonyl (C=O) groups excluding carboxylic acids is 1. The molecule has 26 heavy (non-hydrogen) atoms. The number of aromatic nitrogens is 1. The SMILES string of the molecule is CCN(CC)c1ccc(C(=O)Nc2nc(-c3ccc(I)cc3)cs2)cc1. The molecular formula is C20H20IN3OS.